The first-order chi connectivity index (χ1) is 12.5. The highest BCUT2D eigenvalue weighted by Gasteiger charge is 2.30. The summed E-state index contributed by atoms with van der Waals surface area (Å²) in [4.78, 5) is 12.0. The van der Waals surface area contributed by atoms with Crippen LogP contribution in [0.3, 0.4) is 0 Å². The fourth-order valence-electron chi connectivity index (χ4n) is 2.36. The van der Waals surface area contributed by atoms with Crippen molar-refractivity contribution >= 4 is 5.97 Å². The van der Waals surface area contributed by atoms with Gasteiger partial charge in [-0.05, 0) is 18.3 Å². The monoisotopic (exact) mass is 387 g/mol. The van der Waals surface area contributed by atoms with Crippen molar-refractivity contribution in [1.82, 2.24) is 0 Å². The van der Waals surface area contributed by atoms with Crippen LogP contribution in [0.25, 0.3) is 0 Å². The topological polar surface area (TPSA) is 70.3 Å². The average molecular weight is 387 g/mol. The third-order valence-corrected chi connectivity index (χ3v) is 4.49. The number of benzene rings is 1. The predicted molar refractivity (Wildman–Crippen MR) is 88.9 cm³/mol. The SMILES string of the molecule is CC(C#N)=CC(C)C(C)(C)CC(=O)OCc1c(F)c(F)c(CO)c(F)c1F. The Hall–Kier alpha value is -2.40. The van der Waals surface area contributed by atoms with Crippen LogP contribution in [0.5, 0.6) is 0 Å². The molecule has 1 unspecified atom stereocenters. The summed E-state index contributed by atoms with van der Waals surface area (Å²) in [5.74, 6) is -7.89. The first kappa shape index (κ1) is 22.6. The third kappa shape index (κ3) is 5.30. The minimum atomic E-state index is -1.73. The zero-order valence-corrected chi connectivity index (χ0v) is 15.5. The maximum atomic E-state index is 13.9. The molecule has 0 aliphatic rings. The molecule has 148 valence electrons. The summed E-state index contributed by atoms with van der Waals surface area (Å²) in [6.45, 7) is 4.70. The second-order valence-electron chi connectivity index (χ2n) is 6.95. The summed E-state index contributed by atoms with van der Waals surface area (Å²) in [6, 6.07) is 1.97. The van der Waals surface area contributed by atoms with E-state index < -0.39 is 59.0 Å². The molecule has 0 aliphatic heterocycles. The summed E-state index contributed by atoms with van der Waals surface area (Å²) >= 11 is 0. The van der Waals surface area contributed by atoms with E-state index >= 15 is 0 Å². The zero-order chi connectivity index (χ0) is 20.9. The van der Waals surface area contributed by atoms with Gasteiger partial charge in [0.05, 0.1) is 30.2 Å². The Morgan fingerprint density at radius 3 is 2.11 bits per heavy atom. The number of ether oxygens (including phenoxy) is 1. The number of nitriles is 1. The predicted octanol–water partition coefficient (Wildman–Crippen LogP) is 4.30. The number of allylic oxidation sites excluding steroid dienone is 2. The third-order valence-electron chi connectivity index (χ3n) is 4.49. The Kier molecular flexibility index (Phi) is 7.55. The van der Waals surface area contributed by atoms with Gasteiger partial charge >= 0.3 is 5.97 Å². The number of rotatable bonds is 7. The Morgan fingerprint density at radius 2 is 1.67 bits per heavy atom. The lowest BCUT2D eigenvalue weighted by molar-refractivity contribution is -0.148. The van der Waals surface area contributed by atoms with E-state index in [0.717, 1.165) is 0 Å². The van der Waals surface area contributed by atoms with Crippen molar-refractivity contribution in [2.24, 2.45) is 11.3 Å². The smallest absolute Gasteiger partial charge is 0.306 e. The number of hydrogen-bond acceptors (Lipinski definition) is 4. The number of aliphatic hydroxyl groups is 1. The van der Waals surface area contributed by atoms with Crippen molar-refractivity contribution in [2.75, 3.05) is 0 Å². The van der Waals surface area contributed by atoms with Crippen LogP contribution in [0.4, 0.5) is 17.6 Å². The van der Waals surface area contributed by atoms with E-state index in [1.807, 2.05) is 6.07 Å². The van der Waals surface area contributed by atoms with Crippen molar-refractivity contribution < 1.29 is 32.2 Å². The molecule has 0 saturated heterocycles. The van der Waals surface area contributed by atoms with Crippen LogP contribution in [0, 0.1) is 45.9 Å². The van der Waals surface area contributed by atoms with E-state index in [9.17, 15) is 22.4 Å². The summed E-state index contributed by atoms with van der Waals surface area (Å²) in [6.07, 6.45) is 1.54. The van der Waals surface area contributed by atoms with Crippen molar-refractivity contribution in [3.8, 4) is 6.07 Å². The average Bonchev–Trinajstić information content (AvgIpc) is 2.59. The van der Waals surface area contributed by atoms with Gasteiger partial charge in [0.15, 0.2) is 23.3 Å². The van der Waals surface area contributed by atoms with Crippen molar-refractivity contribution in [1.29, 1.82) is 5.26 Å². The lowest BCUT2D eigenvalue weighted by Crippen LogP contribution is -2.25. The van der Waals surface area contributed by atoms with E-state index in [-0.39, 0.29) is 12.3 Å². The standard InChI is InChI=1S/C19H21F4NO3/c1-10(7-24)5-11(2)19(3,4)6-14(26)27-9-13-17(22)15(20)12(8-25)16(21)18(13)23/h5,11,25H,6,8-9H2,1-4H3. The minimum Gasteiger partial charge on any atom is -0.461 e. The maximum Gasteiger partial charge on any atom is 0.306 e. The molecule has 0 aromatic heterocycles. The molecule has 0 saturated carbocycles. The van der Waals surface area contributed by atoms with Gasteiger partial charge in [0.25, 0.3) is 0 Å². The van der Waals surface area contributed by atoms with Gasteiger partial charge in [-0.2, -0.15) is 5.26 Å². The summed E-state index contributed by atoms with van der Waals surface area (Å²) in [7, 11) is 0. The van der Waals surface area contributed by atoms with Gasteiger partial charge in [0.2, 0.25) is 0 Å². The number of hydrogen-bond donors (Lipinski definition) is 1. The van der Waals surface area contributed by atoms with Crippen LogP contribution < -0.4 is 0 Å². The second kappa shape index (κ2) is 9.00. The molecule has 1 rings (SSSR count). The highest BCUT2D eigenvalue weighted by molar-refractivity contribution is 5.70. The van der Waals surface area contributed by atoms with Crippen molar-refractivity contribution in [2.45, 2.75) is 47.3 Å². The van der Waals surface area contributed by atoms with Crippen LogP contribution >= 0.6 is 0 Å². The van der Waals surface area contributed by atoms with Crippen LogP contribution in [0.1, 0.15) is 45.2 Å². The molecule has 0 radical (unpaired) electrons. The molecule has 4 nitrogen and oxygen atoms in total. The van der Waals surface area contributed by atoms with Crippen LogP contribution in [-0.4, -0.2) is 11.1 Å². The van der Waals surface area contributed by atoms with Gasteiger partial charge in [-0.25, -0.2) is 17.6 Å². The Bertz CT molecular complexity index is 768. The normalized spacial score (nSPS) is 13.3. The molecular formula is C19H21F4NO3. The number of halogens is 4. The van der Waals surface area contributed by atoms with Gasteiger partial charge in [0, 0.05) is 5.57 Å². The Labute approximate surface area is 155 Å². The fraction of sp³-hybridized carbons (Fsp3) is 0.474. The Balaban J connectivity index is 2.91. The van der Waals surface area contributed by atoms with Crippen LogP contribution in [-0.2, 0) is 22.7 Å². The van der Waals surface area contributed by atoms with Gasteiger partial charge in [-0.15, -0.1) is 0 Å². The first-order valence-electron chi connectivity index (χ1n) is 8.14. The lowest BCUT2D eigenvalue weighted by Gasteiger charge is -2.29. The molecule has 27 heavy (non-hydrogen) atoms. The largest absolute Gasteiger partial charge is 0.461 e. The molecule has 0 aliphatic carbocycles. The molecule has 0 amide bonds. The molecular weight excluding hydrogens is 366 g/mol. The summed E-state index contributed by atoms with van der Waals surface area (Å²) < 4.78 is 59.8. The second-order valence-corrected chi connectivity index (χ2v) is 6.95. The molecule has 1 atom stereocenters. The minimum absolute atomic E-state index is 0.147. The van der Waals surface area contributed by atoms with E-state index in [4.69, 9.17) is 15.1 Å². The zero-order valence-electron chi connectivity index (χ0n) is 15.5. The lowest BCUT2D eigenvalue weighted by atomic mass is 9.76. The van der Waals surface area contributed by atoms with Gasteiger partial charge in [-0.3, -0.25) is 4.79 Å². The first-order valence-corrected chi connectivity index (χ1v) is 8.14. The number of carbonyl (C=O) groups excluding carboxylic acids is 1. The highest BCUT2D eigenvalue weighted by atomic mass is 19.2. The van der Waals surface area contributed by atoms with Gasteiger partial charge in [0.1, 0.15) is 6.61 Å². The van der Waals surface area contributed by atoms with Crippen molar-refractivity contribution in [3.05, 3.63) is 46.0 Å². The molecule has 1 aromatic rings. The molecule has 0 spiro atoms. The molecule has 1 aromatic carbocycles. The number of aliphatic hydroxyl groups excluding tert-OH is 1. The van der Waals surface area contributed by atoms with E-state index in [2.05, 4.69) is 0 Å². The van der Waals surface area contributed by atoms with Gasteiger partial charge in [-0.1, -0.05) is 26.8 Å². The van der Waals surface area contributed by atoms with Crippen LogP contribution in [0.15, 0.2) is 11.6 Å². The van der Waals surface area contributed by atoms with E-state index in [1.54, 1.807) is 33.8 Å². The van der Waals surface area contributed by atoms with Crippen molar-refractivity contribution in [3.63, 3.8) is 0 Å². The Morgan fingerprint density at radius 1 is 1.19 bits per heavy atom. The molecule has 0 heterocycles. The highest BCUT2D eigenvalue weighted by Crippen LogP contribution is 2.33. The molecule has 0 fully saturated rings. The molecule has 8 heteroatoms. The molecule has 0 bridgehead atoms. The summed E-state index contributed by atoms with van der Waals surface area (Å²) in [5.41, 5.74) is -2.36. The van der Waals surface area contributed by atoms with E-state index in [0.29, 0.717) is 5.57 Å². The summed E-state index contributed by atoms with van der Waals surface area (Å²) in [5, 5.41) is 17.6. The van der Waals surface area contributed by atoms with Crippen LogP contribution in [0.2, 0.25) is 0 Å². The quantitative estimate of drug-likeness (QED) is 0.328. The fourth-order valence-corrected chi connectivity index (χ4v) is 2.36. The number of carbonyl (C=O) groups is 1. The molecule has 1 N–H and O–H groups in total. The van der Waals surface area contributed by atoms with Gasteiger partial charge < -0.3 is 9.84 Å². The number of nitrogens with zero attached hydrogens (tertiary/aromatic N) is 1. The van der Waals surface area contributed by atoms with E-state index in [1.165, 1.54) is 0 Å². The number of esters is 1. The maximum absolute atomic E-state index is 13.9.